The van der Waals surface area contributed by atoms with Gasteiger partial charge < -0.3 is 50.2 Å². The summed E-state index contributed by atoms with van der Waals surface area (Å²) in [7, 11) is 0. The van der Waals surface area contributed by atoms with Gasteiger partial charge in [-0.25, -0.2) is 0 Å². The molecule has 5 unspecified atom stereocenters. The number of nitrogens with one attached hydrogen (secondary N) is 2. The molecule has 13 nitrogen and oxygen atoms in total. The summed E-state index contributed by atoms with van der Waals surface area (Å²) in [6.45, 7) is 3.84. The number of unbranched alkanes of at least 4 members (excludes halogenated alkanes) is 4. The lowest BCUT2D eigenvalue weighted by atomic mass is 9.97. The fourth-order valence-corrected chi connectivity index (χ4v) is 5.06. The first-order valence-corrected chi connectivity index (χ1v) is 14.7. The van der Waals surface area contributed by atoms with E-state index in [2.05, 4.69) is 10.6 Å². The average molecular weight is 588 g/mol. The Labute approximate surface area is 242 Å². The van der Waals surface area contributed by atoms with Crippen molar-refractivity contribution in [2.45, 2.75) is 114 Å². The minimum atomic E-state index is -1.36. The third kappa shape index (κ3) is 11.8. The van der Waals surface area contributed by atoms with Gasteiger partial charge in [-0.1, -0.05) is 18.9 Å². The number of rotatable bonds is 18. The molecule has 0 spiro atoms. The summed E-state index contributed by atoms with van der Waals surface area (Å²) in [4.78, 5) is 37.9. The Kier molecular flexibility index (Phi) is 16.2. The van der Waals surface area contributed by atoms with E-state index in [-0.39, 0.29) is 37.2 Å². The van der Waals surface area contributed by atoms with E-state index in [1.54, 1.807) is 17.2 Å². The Morgan fingerprint density at radius 2 is 1.73 bits per heavy atom. The zero-order valence-corrected chi connectivity index (χ0v) is 24.3. The van der Waals surface area contributed by atoms with Crippen LogP contribution in [0.3, 0.4) is 0 Å². The fourth-order valence-electron chi connectivity index (χ4n) is 5.06. The summed E-state index contributed by atoms with van der Waals surface area (Å²) < 4.78 is 16.8. The Morgan fingerprint density at radius 3 is 2.41 bits per heavy atom. The van der Waals surface area contributed by atoms with Crippen LogP contribution in [0.25, 0.3) is 0 Å². The molecule has 0 aliphatic carbocycles. The summed E-state index contributed by atoms with van der Waals surface area (Å²) in [5.74, 6) is -0.435. The molecule has 0 bridgehead atoms. The molecule has 2 saturated heterocycles. The molecular weight excluding hydrogens is 538 g/mol. The van der Waals surface area contributed by atoms with Gasteiger partial charge in [-0.05, 0) is 32.6 Å². The lowest BCUT2D eigenvalue weighted by molar-refractivity contribution is -0.270. The van der Waals surface area contributed by atoms with Crippen LogP contribution in [-0.2, 0) is 28.6 Å². The van der Waals surface area contributed by atoms with Gasteiger partial charge in [-0.2, -0.15) is 0 Å². The van der Waals surface area contributed by atoms with Crippen molar-refractivity contribution < 1.29 is 49.0 Å². The molecule has 0 aromatic rings. The van der Waals surface area contributed by atoms with Crippen LogP contribution in [0.15, 0.2) is 12.3 Å². The minimum absolute atomic E-state index is 0.0197. The molecule has 0 aromatic heterocycles. The lowest BCUT2D eigenvalue weighted by Gasteiger charge is -2.42. The van der Waals surface area contributed by atoms with Crippen molar-refractivity contribution in [3.8, 4) is 0 Å². The molecule has 41 heavy (non-hydrogen) atoms. The molecule has 6 N–H and O–H groups in total. The monoisotopic (exact) mass is 587 g/mol. The molecule has 2 aliphatic heterocycles. The molecule has 2 rings (SSSR count). The molecular formula is C28H49N3O10. The Bertz CT molecular complexity index is 829. The first-order chi connectivity index (χ1) is 19.7. The average Bonchev–Trinajstić information content (AvgIpc) is 3.38. The van der Waals surface area contributed by atoms with Crippen molar-refractivity contribution in [2.75, 3.05) is 32.9 Å². The smallest absolute Gasteiger partial charge is 0.223 e. The van der Waals surface area contributed by atoms with E-state index < -0.39 is 43.2 Å². The van der Waals surface area contributed by atoms with E-state index in [4.69, 9.17) is 14.2 Å². The standard InChI is InChI=1S/C28H49N3O10/c1-3-13-39-21-15-20(17-32)31(16-21)24(36)11-7-4-8-12-29-23(35)10-6-5-9-14-40-28-25(30-19(2)34)27(38)26(37)22(18-33)41-28/h3,13,20-22,25-28,32-33,37-38H,4-12,14-18H2,1-2H3,(H,29,35)(H,30,34)/b13-3-/t20-,21+,22?,25?,26?,27?,28?/m0/s1. The van der Waals surface area contributed by atoms with Crippen LogP contribution in [0.5, 0.6) is 0 Å². The quantitative estimate of drug-likeness (QED) is 0.0918. The van der Waals surface area contributed by atoms with E-state index in [1.165, 1.54) is 6.92 Å². The molecule has 2 aliphatic rings. The molecule has 0 radical (unpaired) electrons. The summed E-state index contributed by atoms with van der Waals surface area (Å²) in [6, 6.07) is -1.17. The van der Waals surface area contributed by atoms with Crippen LogP contribution in [0.4, 0.5) is 0 Å². The number of carbonyl (C=O) groups excluding carboxylic acids is 3. The predicted octanol–water partition coefficient (Wildman–Crippen LogP) is -0.304. The minimum Gasteiger partial charge on any atom is -0.496 e. The molecule has 2 fully saturated rings. The second kappa shape index (κ2) is 19.0. The number of hydrogen-bond acceptors (Lipinski definition) is 10. The van der Waals surface area contributed by atoms with Crippen LogP contribution in [0.1, 0.15) is 71.6 Å². The maximum Gasteiger partial charge on any atom is 0.223 e. The van der Waals surface area contributed by atoms with E-state index >= 15 is 0 Å². The highest BCUT2D eigenvalue weighted by Gasteiger charge is 2.45. The van der Waals surface area contributed by atoms with Gasteiger partial charge in [0.15, 0.2) is 6.29 Å². The number of aliphatic hydroxyl groups excluding tert-OH is 4. The molecule has 236 valence electrons. The number of amides is 3. The van der Waals surface area contributed by atoms with Gasteiger partial charge in [0.1, 0.15) is 30.5 Å². The van der Waals surface area contributed by atoms with Crippen molar-refractivity contribution in [1.82, 2.24) is 15.5 Å². The highest BCUT2D eigenvalue weighted by atomic mass is 16.7. The van der Waals surface area contributed by atoms with E-state index in [0.29, 0.717) is 58.0 Å². The van der Waals surface area contributed by atoms with Crippen LogP contribution >= 0.6 is 0 Å². The van der Waals surface area contributed by atoms with Gasteiger partial charge in [0.05, 0.1) is 32.1 Å². The zero-order valence-electron chi connectivity index (χ0n) is 24.3. The van der Waals surface area contributed by atoms with E-state index in [1.807, 2.05) is 6.92 Å². The summed E-state index contributed by atoms with van der Waals surface area (Å²) >= 11 is 0. The molecule has 13 heteroatoms. The zero-order chi connectivity index (χ0) is 30.2. The van der Waals surface area contributed by atoms with Crippen molar-refractivity contribution in [1.29, 1.82) is 0 Å². The maximum atomic E-state index is 12.6. The Balaban J connectivity index is 1.53. The SMILES string of the molecule is C/C=C\O[C@@H]1C[C@@H](CO)N(C(=O)CCCCCNC(=O)CCCCCOC2OC(CO)C(O)C(O)C2NC(C)=O)C1. The maximum absolute atomic E-state index is 12.6. The number of carbonyl (C=O) groups is 3. The number of allylic oxidation sites excluding steroid dienone is 1. The largest absolute Gasteiger partial charge is 0.496 e. The van der Waals surface area contributed by atoms with Crippen molar-refractivity contribution >= 4 is 17.7 Å². The van der Waals surface area contributed by atoms with Crippen molar-refractivity contribution in [3.63, 3.8) is 0 Å². The first-order valence-electron chi connectivity index (χ1n) is 14.7. The van der Waals surface area contributed by atoms with E-state index in [0.717, 1.165) is 12.8 Å². The van der Waals surface area contributed by atoms with Crippen LogP contribution in [-0.4, -0.2) is 119 Å². The molecule has 0 saturated carbocycles. The molecule has 3 amide bonds. The van der Waals surface area contributed by atoms with Crippen LogP contribution in [0, 0.1) is 0 Å². The first kappa shape index (κ1) is 34.9. The summed E-state index contributed by atoms with van der Waals surface area (Å²) in [5.41, 5.74) is 0. The highest BCUT2D eigenvalue weighted by molar-refractivity contribution is 5.77. The third-order valence-electron chi connectivity index (χ3n) is 7.28. The number of hydrogen-bond donors (Lipinski definition) is 6. The van der Waals surface area contributed by atoms with Crippen LogP contribution < -0.4 is 10.6 Å². The molecule has 7 atom stereocenters. The Morgan fingerprint density at radius 1 is 1.00 bits per heavy atom. The molecule has 2 heterocycles. The highest BCUT2D eigenvalue weighted by Crippen LogP contribution is 2.23. The number of ether oxygens (including phenoxy) is 3. The predicted molar refractivity (Wildman–Crippen MR) is 148 cm³/mol. The van der Waals surface area contributed by atoms with Gasteiger partial charge in [0, 0.05) is 39.3 Å². The Hall–Kier alpha value is -2.29. The van der Waals surface area contributed by atoms with Gasteiger partial charge in [-0.3, -0.25) is 14.4 Å². The van der Waals surface area contributed by atoms with Gasteiger partial charge >= 0.3 is 0 Å². The van der Waals surface area contributed by atoms with Crippen molar-refractivity contribution in [3.05, 3.63) is 12.3 Å². The third-order valence-corrected chi connectivity index (χ3v) is 7.28. The van der Waals surface area contributed by atoms with Crippen molar-refractivity contribution in [2.24, 2.45) is 0 Å². The van der Waals surface area contributed by atoms with Gasteiger partial charge in [-0.15, -0.1) is 0 Å². The number of nitrogens with zero attached hydrogens (tertiary/aromatic N) is 1. The molecule has 0 aromatic carbocycles. The second-order valence-corrected chi connectivity index (χ2v) is 10.6. The summed E-state index contributed by atoms with van der Waals surface area (Å²) in [5, 5.41) is 44.7. The fraction of sp³-hybridized carbons (Fsp3) is 0.821. The van der Waals surface area contributed by atoms with Gasteiger partial charge in [0.2, 0.25) is 17.7 Å². The summed E-state index contributed by atoms with van der Waals surface area (Å²) in [6.07, 6.45) is 4.26. The topological polar surface area (TPSA) is 187 Å². The second-order valence-electron chi connectivity index (χ2n) is 10.6. The van der Waals surface area contributed by atoms with E-state index in [9.17, 15) is 34.8 Å². The normalized spacial score (nSPS) is 28.1. The number of likely N-dealkylation sites (tertiary alicyclic amines) is 1. The van der Waals surface area contributed by atoms with Crippen LogP contribution in [0.2, 0.25) is 0 Å². The number of aliphatic hydroxyl groups is 4. The lowest BCUT2D eigenvalue weighted by Crippen LogP contribution is -2.64. The van der Waals surface area contributed by atoms with Gasteiger partial charge in [0.25, 0.3) is 0 Å².